The first-order valence-electron chi connectivity index (χ1n) is 6.02. The van der Waals surface area contributed by atoms with Crippen LogP contribution < -0.4 is 14.8 Å². The maximum atomic E-state index is 11.8. The molecule has 20 heavy (non-hydrogen) atoms. The summed E-state index contributed by atoms with van der Waals surface area (Å²) in [6, 6.07) is 3.00. The number of carbonyl (C=O) groups is 2. The van der Waals surface area contributed by atoms with E-state index >= 15 is 0 Å². The highest BCUT2D eigenvalue weighted by molar-refractivity contribution is 5.91. The number of amides is 1. The van der Waals surface area contributed by atoms with E-state index in [0.29, 0.717) is 29.0 Å². The van der Waals surface area contributed by atoms with E-state index < -0.39 is 11.7 Å². The molecule has 0 aliphatic heterocycles. The highest BCUT2D eigenvalue weighted by atomic mass is 16.6. The number of benzene rings is 1. The molecular weight excluding hydrogens is 262 g/mol. The van der Waals surface area contributed by atoms with Crippen molar-refractivity contribution in [1.82, 2.24) is 0 Å². The van der Waals surface area contributed by atoms with Crippen molar-refractivity contribution < 1.29 is 23.8 Å². The standard InChI is InChI=1S/C14H19NO5/c1-14(2,3)20-13(17)15-12-10(18-4)6-9(8-16)7-11(12)19-5/h6-8H,1-5H3,(H,15,17). The third-order valence-corrected chi connectivity index (χ3v) is 2.29. The Hall–Kier alpha value is -2.24. The molecule has 0 atom stereocenters. The molecular formula is C14H19NO5. The van der Waals surface area contributed by atoms with Crippen LogP contribution in [0.25, 0.3) is 0 Å². The zero-order valence-corrected chi connectivity index (χ0v) is 12.3. The molecule has 0 fully saturated rings. The van der Waals surface area contributed by atoms with Gasteiger partial charge in [-0.15, -0.1) is 0 Å². The van der Waals surface area contributed by atoms with E-state index in [1.165, 1.54) is 26.4 Å². The third-order valence-electron chi connectivity index (χ3n) is 2.29. The van der Waals surface area contributed by atoms with E-state index in [9.17, 15) is 9.59 Å². The molecule has 0 spiro atoms. The Morgan fingerprint density at radius 3 is 2.00 bits per heavy atom. The Bertz CT molecular complexity index is 480. The summed E-state index contributed by atoms with van der Waals surface area (Å²) in [5, 5.41) is 2.56. The summed E-state index contributed by atoms with van der Waals surface area (Å²) in [6.07, 6.45) is 0.0374. The molecule has 1 rings (SSSR count). The Kier molecular flexibility index (Phi) is 4.96. The van der Waals surface area contributed by atoms with Crippen LogP contribution in [0.2, 0.25) is 0 Å². The molecule has 1 aromatic rings. The molecule has 1 amide bonds. The van der Waals surface area contributed by atoms with E-state index in [4.69, 9.17) is 14.2 Å². The summed E-state index contributed by atoms with van der Waals surface area (Å²) in [6.45, 7) is 5.28. The molecule has 0 bridgehead atoms. The van der Waals surface area contributed by atoms with E-state index in [0.717, 1.165) is 0 Å². The number of hydrogen-bond donors (Lipinski definition) is 1. The summed E-state index contributed by atoms with van der Waals surface area (Å²) in [4.78, 5) is 22.6. The van der Waals surface area contributed by atoms with Gasteiger partial charge < -0.3 is 14.2 Å². The Balaban J connectivity index is 3.10. The average molecular weight is 281 g/mol. The lowest BCUT2D eigenvalue weighted by molar-refractivity contribution is 0.0634. The largest absolute Gasteiger partial charge is 0.494 e. The van der Waals surface area contributed by atoms with Gasteiger partial charge in [0.05, 0.1) is 14.2 Å². The number of methoxy groups -OCH3 is 2. The Morgan fingerprint density at radius 2 is 1.65 bits per heavy atom. The topological polar surface area (TPSA) is 73.9 Å². The third kappa shape index (κ3) is 4.15. The molecule has 0 unspecified atom stereocenters. The van der Waals surface area contributed by atoms with Gasteiger partial charge in [-0.05, 0) is 32.9 Å². The molecule has 1 aromatic carbocycles. The van der Waals surface area contributed by atoms with Crippen LogP contribution in [0.15, 0.2) is 12.1 Å². The van der Waals surface area contributed by atoms with Crippen LogP contribution in [0.3, 0.4) is 0 Å². The molecule has 0 saturated carbocycles. The fourth-order valence-corrected chi connectivity index (χ4v) is 1.53. The van der Waals surface area contributed by atoms with Crippen molar-refractivity contribution in [3.05, 3.63) is 17.7 Å². The summed E-state index contributed by atoms with van der Waals surface area (Å²) in [5.41, 5.74) is 0.0797. The van der Waals surface area contributed by atoms with Crippen molar-refractivity contribution in [2.75, 3.05) is 19.5 Å². The number of ether oxygens (including phenoxy) is 3. The zero-order valence-electron chi connectivity index (χ0n) is 12.3. The zero-order chi connectivity index (χ0) is 15.3. The predicted molar refractivity (Wildman–Crippen MR) is 74.8 cm³/mol. The second-order valence-corrected chi connectivity index (χ2v) is 5.05. The molecule has 0 aliphatic rings. The van der Waals surface area contributed by atoms with Gasteiger partial charge in [0, 0.05) is 5.56 Å². The first-order valence-corrected chi connectivity index (χ1v) is 6.02. The van der Waals surface area contributed by atoms with Crippen molar-refractivity contribution in [3.63, 3.8) is 0 Å². The highest BCUT2D eigenvalue weighted by Gasteiger charge is 2.20. The van der Waals surface area contributed by atoms with Crippen LogP contribution in [0.5, 0.6) is 11.5 Å². The maximum absolute atomic E-state index is 11.8. The van der Waals surface area contributed by atoms with Gasteiger partial charge in [-0.1, -0.05) is 0 Å². The SMILES string of the molecule is COc1cc(C=O)cc(OC)c1NC(=O)OC(C)(C)C. The summed E-state index contributed by atoms with van der Waals surface area (Å²) in [5.74, 6) is 0.634. The van der Waals surface area contributed by atoms with Crippen molar-refractivity contribution in [3.8, 4) is 11.5 Å². The second-order valence-electron chi connectivity index (χ2n) is 5.05. The van der Waals surface area contributed by atoms with Crippen molar-refractivity contribution in [2.24, 2.45) is 0 Å². The lowest BCUT2D eigenvalue weighted by Gasteiger charge is -2.21. The summed E-state index contributed by atoms with van der Waals surface area (Å²) in [7, 11) is 2.87. The quantitative estimate of drug-likeness (QED) is 0.859. The molecule has 6 nitrogen and oxygen atoms in total. The van der Waals surface area contributed by atoms with Crippen LogP contribution in [0.1, 0.15) is 31.1 Å². The van der Waals surface area contributed by atoms with Gasteiger partial charge in [0.25, 0.3) is 0 Å². The first-order chi connectivity index (χ1) is 9.30. The monoisotopic (exact) mass is 281 g/mol. The van der Waals surface area contributed by atoms with Crippen LogP contribution in [0, 0.1) is 0 Å². The minimum atomic E-state index is -0.632. The average Bonchev–Trinajstić information content (AvgIpc) is 2.36. The maximum Gasteiger partial charge on any atom is 0.412 e. The van der Waals surface area contributed by atoms with Gasteiger partial charge in [0.2, 0.25) is 0 Å². The van der Waals surface area contributed by atoms with Gasteiger partial charge in [-0.25, -0.2) is 4.79 Å². The van der Waals surface area contributed by atoms with Crippen molar-refractivity contribution in [2.45, 2.75) is 26.4 Å². The van der Waals surface area contributed by atoms with E-state index in [2.05, 4.69) is 5.32 Å². The fourth-order valence-electron chi connectivity index (χ4n) is 1.53. The highest BCUT2D eigenvalue weighted by Crippen LogP contribution is 2.36. The number of nitrogens with one attached hydrogen (secondary N) is 1. The molecule has 0 radical (unpaired) electrons. The Morgan fingerprint density at radius 1 is 1.15 bits per heavy atom. The van der Waals surface area contributed by atoms with Gasteiger partial charge in [0.15, 0.2) is 0 Å². The minimum absolute atomic E-state index is 0.315. The fraction of sp³-hybridized carbons (Fsp3) is 0.429. The molecule has 110 valence electrons. The normalized spacial score (nSPS) is 10.7. The van der Waals surface area contributed by atoms with Gasteiger partial charge in [-0.3, -0.25) is 10.1 Å². The van der Waals surface area contributed by atoms with Crippen molar-refractivity contribution in [1.29, 1.82) is 0 Å². The molecule has 0 saturated heterocycles. The molecule has 0 aromatic heterocycles. The number of aldehydes is 1. The van der Waals surface area contributed by atoms with E-state index in [1.54, 1.807) is 20.8 Å². The number of rotatable bonds is 4. The number of carbonyl (C=O) groups excluding carboxylic acids is 2. The Labute approximate surface area is 118 Å². The molecule has 6 heteroatoms. The minimum Gasteiger partial charge on any atom is -0.494 e. The molecule has 0 aliphatic carbocycles. The predicted octanol–water partition coefficient (Wildman–Crippen LogP) is 2.86. The second kappa shape index (κ2) is 6.27. The number of hydrogen-bond acceptors (Lipinski definition) is 5. The lowest BCUT2D eigenvalue weighted by atomic mass is 10.2. The number of anilines is 1. The van der Waals surface area contributed by atoms with E-state index in [1.807, 2.05) is 0 Å². The van der Waals surface area contributed by atoms with E-state index in [-0.39, 0.29) is 0 Å². The van der Waals surface area contributed by atoms with Gasteiger partial charge in [0.1, 0.15) is 29.1 Å². The van der Waals surface area contributed by atoms with Crippen LogP contribution >= 0.6 is 0 Å². The first kappa shape index (κ1) is 15.8. The smallest absolute Gasteiger partial charge is 0.412 e. The van der Waals surface area contributed by atoms with Gasteiger partial charge in [-0.2, -0.15) is 0 Å². The summed E-state index contributed by atoms with van der Waals surface area (Å²) < 4.78 is 15.5. The molecule has 1 N–H and O–H groups in total. The van der Waals surface area contributed by atoms with Crippen LogP contribution in [-0.2, 0) is 4.74 Å². The lowest BCUT2D eigenvalue weighted by Crippen LogP contribution is -2.27. The van der Waals surface area contributed by atoms with Gasteiger partial charge >= 0.3 is 6.09 Å². The van der Waals surface area contributed by atoms with Crippen LogP contribution in [0.4, 0.5) is 10.5 Å². The van der Waals surface area contributed by atoms with Crippen LogP contribution in [-0.4, -0.2) is 32.2 Å². The summed E-state index contributed by atoms with van der Waals surface area (Å²) >= 11 is 0. The molecule has 0 heterocycles. The van der Waals surface area contributed by atoms with Crippen molar-refractivity contribution >= 4 is 18.1 Å².